The predicted molar refractivity (Wildman–Crippen MR) is 79.1 cm³/mol. The van der Waals surface area contributed by atoms with Crippen molar-refractivity contribution in [3.8, 4) is 5.75 Å². The van der Waals surface area contributed by atoms with Gasteiger partial charge in [-0.25, -0.2) is 0 Å². The Hall–Kier alpha value is -2.40. The molecule has 0 radical (unpaired) electrons. The first kappa shape index (κ1) is 13.6. The summed E-state index contributed by atoms with van der Waals surface area (Å²) in [6.45, 7) is 0.574. The van der Waals surface area contributed by atoms with Crippen molar-refractivity contribution < 1.29 is 10.0 Å². The van der Waals surface area contributed by atoms with Gasteiger partial charge in [-0.3, -0.25) is 10.1 Å². The monoisotopic (exact) mass is 284 g/mol. The maximum Gasteiger partial charge on any atom is 0.310 e. The molecule has 1 atom stereocenters. The van der Waals surface area contributed by atoms with E-state index in [0.29, 0.717) is 12.6 Å². The smallest absolute Gasteiger partial charge is 0.310 e. The molecule has 0 spiro atoms. The summed E-state index contributed by atoms with van der Waals surface area (Å²) in [5, 5.41) is 23.8. The van der Waals surface area contributed by atoms with Gasteiger partial charge in [-0.15, -0.1) is 0 Å². The highest BCUT2D eigenvalue weighted by Crippen LogP contribution is 2.31. The molecule has 3 rings (SSSR count). The lowest BCUT2D eigenvalue weighted by Gasteiger charge is -2.14. The number of fused-ring (bicyclic) bond motifs is 1. The van der Waals surface area contributed by atoms with Crippen LogP contribution in [0.25, 0.3) is 0 Å². The van der Waals surface area contributed by atoms with Crippen LogP contribution in [0, 0.1) is 10.1 Å². The summed E-state index contributed by atoms with van der Waals surface area (Å²) in [7, 11) is 0. The first-order chi connectivity index (χ1) is 10.1. The van der Waals surface area contributed by atoms with Crippen LogP contribution in [0.4, 0.5) is 5.69 Å². The average molecular weight is 284 g/mol. The van der Waals surface area contributed by atoms with Crippen molar-refractivity contribution >= 4 is 5.69 Å². The molecular weight excluding hydrogens is 268 g/mol. The number of aryl methyl sites for hydroxylation is 1. The number of hydrogen-bond acceptors (Lipinski definition) is 4. The van der Waals surface area contributed by atoms with E-state index in [1.54, 1.807) is 6.07 Å². The van der Waals surface area contributed by atoms with E-state index in [4.69, 9.17) is 0 Å². The number of phenolic OH excluding ortho intramolecular Hbond substituents is 1. The highest BCUT2D eigenvalue weighted by Gasteiger charge is 2.21. The number of hydrogen-bond donors (Lipinski definition) is 2. The molecule has 2 N–H and O–H groups in total. The molecule has 0 bridgehead atoms. The van der Waals surface area contributed by atoms with Crippen molar-refractivity contribution in [1.82, 2.24) is 5.32 Å². The molecule has 0 saturated carbocycles. The molecule has 1 aliphatic carbocycles. The molecule has 2 aromatic rings. The largest absolute Gasteiger partial charge is 0.502 e. The van der Waals surface area contributed by atoms with Crippen LogP contribution in [-0.4, -0.2) is 10.0 Å². The maximum atomic E-state index is 10.7. The molecule has 0 fully saturated rings. The zero-order chi connectivity index (χ0) is 14.8. The van der Waals surface area contributed by atoms with E-state index in [-0.39, 0.29) is 11.4 Å². The summed E-state index contributed by atoms with van der Waals surface area (Å²) < 4.78 is 0. The van der Waals surface area contributed by atoms with Crippen LogP contribution in [0.3, 0.4) is 0 Å². The minimum absolute atomic E-state index is 0.259. The fraction of sp³-hybridized carbons (Fsp3) is 0.250. The molecule has 2 aromatic carbocycles. The molecule has 0 aromatic heterocycles. The molecule has 5 nitrogen and oxygen atoms in total. The van der Waals surface area contributed by atoms with Crippen LogP contribution < -0.4 is 5.32 Å². The van der Waals surface area contributed by atoms with E-state index >= 15 is 0 Å². The third-order valence-corrected chi connectivity index (χ3v) is 3.92. The summed E-state index contributed by atoms with van der Waals surface area (Å²) in [5.74, 6) is -0.286. The Bertz CT molecular complexity index is 685. The van der Waals surface area contributed by atoms with E-state index in [1.165, 1.54) is 23.3 Å². The van der Waals surface area contributed by atoms with Crippen molar-refractivity contribution in [2.75, 3.05) is 0 Å². The van der Waals surface area contributed by atoms with Gasteiger partial charge >= 0.3 is 5.69 Å². The zero-order valence-corrected chi connectivity index (χ0v) is 11.5. The molecule has 108 valence electrons. The number of aromatic hydroxyl groups is 1. The van der Waals surface area contributed by atoms with Gasteiger partial charge in [0.25, 0.3) is 0 Å². The number of nitrogens with zero attached hydrogens (tertiary/aromatic N) is 1. The summed E-state index contributed by atoms with van der Waals surface area (Å²) in [5.41, 5.74) is 3.28. The first-order valence-corrected chi connectivity index (χ1v) is 6.92. The van der Waals surface area contributed by atoms with Crippen molar-refractivity contribution in [3.63, 3.8) is 0 Å². The molecule has 0 heterocycles. The van der Waals surface area contributed by atoms with Crippen molar-refractivity contribution in [3.05, 3.63) is 69.3 Å². The fourth-order valence-corrected chi connectivity index (χ4v) is 2.84. The highest BCUT2D eigenvalue weighted by molar-refractivity contribution is 5.47. The summed E-state index contributed by atoms with van der Waals surface area (Å²) in [6.07, 6.45) is 2.12. The molecular formula is C16H16N2O3. The van der Waals surface area contributed by atoms with Crippen LogP contribution in [-0.2, 0) is 13.0 Å². The van der Waals surface area contributed by atoms with Gasteiger partial charge in [0.15, 0.2) is 5.75 Å². The van der Waals surface area contributed by atoms with Gasteiger partial charge in [0.2, 0.25) is 0 Å². The average Bonchev–Trinajstić information content (AvgIpc) is 2.88. The molecule has 0 amide bonds. The molecule has 21 heavy (non-hydrogen) atoms. The second-order valence-electron chi connectivity index (χ2n) is 5.25. The summed E-state index contributed by atoms with van der Waals surface area (Å²) >= 11 is 0. The normalized spacial score (nSPS) is 16.7. The number of benzene rings is 2. The van der Waals surface area contributed by atoms with Gasteiger partial charge in [0, 0.05) is 18.7 Å². The molecule has 1 aliphatic rings. The predicted octanol–water partition coefficient (Wildman–Crippen LogP) is 3.08. The highest BCUT2D eigenvalue weighted by atomic mass is 16.6. The minimum atomic E-state index is -0.584. The Morgan fingerprint density at radius 2 is 2.10 bits per heavy atom. The van der Waals surface area contributed by atoms with Gasteiger partial charge in [0.05, 0.1) is 4.92 Å². The number of nitro benzene ring substituents is 1. The van der Waals surface area contributed by atoms with Crippen LogP contribution >= 0.6 is 0 Å². The van der Waals surface area contributed by atoms with Crippen molar-refractivity contribution in [1.29, 1.82) is 0 Å². The van der Waals surface area contributed by atoms with Gasteiger partial charge in [-0.1, -0.05) is 30.3 Å². The van der Waals surface area contributed by atoms with E-state index < -0.39 is 4.92 Å². The Morgan fingerprint density at radius 3 is 2.86 bits per heavy atom. The summed E-state index contributed by atoms with van der Waals surface area (Å²) in [4.78, 5) is 10.1. The topological polar surface area (TPSA) is 75.4 Å². The van der Waals surface area contributed by atoms with Gasteiger partial charge in [-0.05, 0) is 35.6 Å². The summed E-state index contributed by atoms with van der Waals surface area (Å²) in [6, 6.07) is 13.1. The van der Waals surface area contributed by atoms with Gasteiger partial charge < -0.3 is 10.4 Å². The maximum absolute atomic E-state index is 10.7. The lowest BCUT2D eigenvalue weighted by atomic mass is 10.1. The molecule has 0 saturated heterocycles. The zero-order valence-electron chi connectivity index (χ0n) is 11.5. The van der Waals surface area contributed by atoms with Crippen LogP contribution in [0.1, 0.15) is 29.2 Å². The second kappa shape index (κ2) is 5.54. The SMILES string of the molecule is O=[N+]([O-])c1ccc(CN[C@@H]2CCc3ccccc32)cc1O. The molecule has 0 unspecified atom stereocenters. The lowest BCUT2D eigenvalue weighted by Crippen LogP contribution is -2.18. The Morgan fingerprint density at radius 1 is 1.29 bits per heavy atom. The number of phenols is 1. The number of nitro groups is 1. The van der Waals surface area contributed by atoms with E-state index in [2.05, 4.69) is 23.5 Å². The van der Waals surface area contributed by atoms with E-state index in [9.17, 15) is 15.2 Å². The molecule has 5 heteroatoms. The standard InChI is InChI=1S/C16H16N2O3/c19-16-9-11(5-8-15(16)18(20)21)10-17-14-7-6-12-3-1-2-4-13(12)14/h1-5,8-9,14,17,19H,6-7,10H2/t14-/m1/s1. The number of rotatable bonds is 4. The van der Waals surface area contributed by atoms with Crippen molar-refractivity contribution in [2.45, 2.75) is 25.4 Å². The Balaban J connectivity index is 1.69. The molecule has 0 aliphatic heterocycles. The Labute approximate surface area is 122 Å². The van der Waals surface area contributed by atoms with Gasteiger partial charge in [0.1, 0.15) is 0 Å². The number of nitrogens with one attached hydrogen (secondary N) is 1. The quantitative estimate of drug-likeness (QED) is 0.668. The van der Waals surface area contributed by atoms with E-state index in [0.717, 1.165) is 18.4 Å². The third kappa shape index (κ3) is 2.73. The fourth-order valence-electron chi connectivity index (χ4n) is 2.84. The van der Waals surface area contributed by atoms with Crippen LogP contribution in [0.5, 0.6) is 5.75 Å². The minimum Gasteiger partial charge on any atom is -0.502 e. The van der Waals surface area contributed by atoms with Gasteiger partial charge in [-0.2, -0.15) is 0 Å². The van der Waals surface area contributed by atoms with Crippen LogP contribution in [0.15, 0.2) is 42.5 Å². The third-order valence-electron chi connectivity index (χ3n) is 3.92. The lowest BCUT2D eigenvalue weighted by molar-refractivity contribution is -0.385. The van der Waals surface area contributed by atoms with Crippen molar-refractivity contribution in [2.24, 2.45) is 0 Å². The van der Waals surface area contributed by atoms with E-state index in [1.807, 2.05) is 6.07 Å². The second-order valence-corrected chi connectivity index (χ2v) is 5.25. The first-order valence-electron chi connectivity index (χ1n) is 6.92. The van der Waals surface area contributed by atoms with Crippen LogP contribution in [0.2, 0.25) is 0 Å². The Kier molecular flexibility index (Phi) is 3.58.